The molecule has 0 aliphatic carbocycles. The summed E-state index contributed by atoms with van der Waals surface area (Å²) in [6, 6.07) is 8.32. The molecule has 0 fully saturated rings. The fourth-order valence-corrected chi connectivity index (χ4v) is 1.69. The minimum atomic E-state index is 0.530. The van der Waals surface area contributed by atoms with E-state index in [0.29, 0.717) is 5.92 Å². The first-order chi connectivity index (χ1) is 6.68. The zero-order valence-corrected chi connectivity index (χ0v) is 8.78. The molecular formula is C12H14N2. The van der Waals surface area contributed by atoms with Gasteiger partial charge in [-0.25, -0.2) is 0 Å². The minimum absolute atomic E-state index is 0.530. The molecule has 0 radical (unpaired) electrons. The highest BCUT2D eigenvalue weighted by Crippen LogP contribution is 2.23. The van der Waals surface area contributed by atoms with Crippen LogP contribution < -0.4 is 0 Å². The van der Waals surface area contributed by atoms with Crippen molar-refractivity contribution >= 4 is 10.9 Å². The Labute approximate surface area is 84.0 Å². The van der Waals surface area contributed by atoms with Crippen molar-refractivity contribution in [3.05, 3.63) is 35.5 Å². The van der Waals surface area contributed by atoms with Crippen molar-refractivity contribution in [3.63, 3.8) is 0 Å². The van der Waals surface area contributed by atoms with Crippen LogP contribution in [0, 0.1) is 6.92 Å². The summed E-state index contributed by atoms with van der Waals surface area (Å²) in [6.45, 7) is 6.37. The van der Waals surface area contributed by atoms with Crippen LogP contribution in [0.5, 0.6) is 0 Å². The summed E-state index contributed by atoms with van der Waals surface area (Å²) in [7, 11) is 0. The van der Waals surface area contributed by atoms with E-state index < -0.39 is 0 Å². The molecule has 0 amide bonds. The van der Waals surface area contributed by atoms with E-state index in [-0.39, 0.29) is 0 Å². The highest BCUT2D eigenvalue weighted by atomic mass is 15.1. The second-order valence-electron chi connectivity index (χ2n) is 3.92. The van der Waals surface area contributed by atoms with Gasteiger partial charge in [0.2, 0.25) is 0 Å². The van der Waals surface area contributed by atoms with Crippen LogP contribution in [-0.2, 0) is 0 Å². The highest BCUT2D eigenvalue weighted by molar-refractivity contribution is 5.82. The van der Waals surface area contributed by atoms with Gasteiger partial charge in [0.1, 0.15) is 0 Å². The third-order valence-corrected chi connectivity index (χ3v) is 2.41. The Balaban J connectivity index is 2.77. The monoisotopic (exact) mass is 186 g/mol. The minimum Gasteiger partial charge on any atom is -0.155 e. The van der Waals surface area contributed by atoms with E-state index in [1.165, 1.54) is 10.9 Å². The number of rotatable bonds is 1. The third kappa shape index (κ3) is 1.48. The molecule has 0 unspecified atom stereocenters. The molecule has 2 nitrogen and oxygen atoms in total. The van der Waals surface area contributed by atoms with Crippen LogP contribution >= 0.6 is 0 Å². The first kappa shape index (κ1) is 9.13. The van der Waals surface area contributed by atoms with E-state index in [1.54, 1.807) is 0 Å². The van der Waals surface area contributed by atoms with Crippen molar-refractivity contribution in [3.8, 4) is 0 Å². The van der Waals surface area contributed by atoms with Crippen molar-refractivity contribution in [2.75, 3.05) is 0 Å². The Hall–Kier alpha value is -1.44. The molecule has 2 heteroatoms. The summed E-state index contributed by atoms with van der Waals surface area (Å²) in [5.74, 6) is 0.530. The zero-order valence-electron chi connectivity index (χ0n) is 8.78. The first-order valence-electron chi connectivity index (χ1n) is 4.91. The molecule has 0 saturated heterocycles. The van der Waals surface area contributed by atoms with E-state index in [9.17, 15) is 0 Å². The lowest BCUT2D eigenvalue weighted by Gasteiger charge is -2.08. The Kier molecular flexibility index (Phi) is 2.20. The molecule has 0 saturated carbocycles. The van der Waals surface area contributed by atoms with Crippen molar-refractivity contribution in [2.45, 2.75) is 26.7 Å². The molecule has 14 heavy (non-hydrogen) atoms. The highest BCUT2D eigenvalue weighted by Gasteiger charge is 2.05. The molecule has 0 N–H and O–H groups in total. The average molecular weight is 186 g/mol. The van der Waals surface area contributed by atoms with Crippen LogP contribution in [0.4, 0.5) is 0 Å². The maximum absolute atomic E-state index is 4.17. The van der Waals surface area contributed by atoms with E-state index in [1.807, 2.05) is 19.1 Å². The number of hydrogen-bond acceptors (Lipinski definition) is 2. The molecule has 1 aromatic carbocycles. The van der Waals surface area contributed by atoms with Gasteiger partial charge in [0.25, 0.3) is 0 Å². The SMILES string of the molecule is Cc1cc2c(C(C)C)cccc2nn1. The maximum atomic E-state index is 4.17. The number of fused-ring (bicyclic) bond motifs is 1. The number of aromatic nitrogens is 2. The number of nitrogens with zero attached hydrogens (tertiary/aromatic N) is 2. The van der Waals surface area contributed by atoms with Crippen LogP contribution in [0.15, 0.2) is 24.3 Å². The van der Waals surface area contributed by atoms with Gasteiger partial charge in [0, 0.05) is 5.39 Å². The molecule has 1 aromatic heterocycles. The average Bonchev–Trinajstić information content (AvgIpc) is 2.16. The molecule has 0 bridgehead atoms. The number of hydrogen-bond donors (Lipinski definition) is 0. The molecule has 0 aliphatic heterocycles. The summed E-state index contributed by atoms with van der Waals surface area (Å²) in [6.07, 6.45) is 0. The molecule has 1 heterocycles. The zero-order chi connectivity index (χ0) is 10.1. The maximum Gasteiger partial charge on any atom is 0.0932 e. The Morgan fingerprint density at radius 1 is 1.14 bits per heavy atom. The van der Waals surface area contributed by atoms with Gasteiger partial charge < -0.3 is 0 Å². The molecule has 72 valence electrons. The Bertz CT molecular complexity index is 461. The van der Waals surface area contributed by atoms with Crippen LogP contribution in [-0.4, -0.2) is 10.2 Å². The fourth-order valence-electron chi connectivity index (χ4n) is 1.69. The van der Waals surface area contributed by atoms with E-state index >= 15 is 0 Å². The largest absolute Gasteiger partial charge is 0.155 e. The topological polar surface area (TPSA) is 25.8 Å². The van der Waals surface area contributed by atoms with Crippen LogP contribution in [0.25, 0.3) is 10.9 Å². The van der Waals surface area contributed by atoms with Gasteiger partial charge in [-0.05, 0) is 30.5 Å². The lowest BCUT2D eigenvalue weighted by molar-refractivity contribution is 0.874. The smallest absolute Gasteiger partial charge is 0.0932 e. The molecule has 2 aromatic rings. The lowest BCUT2D eigenvalue weighted by Crippen LogP contribution is -1.93. The predicted molar refractivity (Wildman–Crippen MR) is 58.4 cm³/mol. The normalized spacial score (nSPS) is 11.1. The standard InChI is InChI=1S/C12H14N2/c1-8(2)10-5-4-6-12-11(10)7-9(3)13-14-12/h4-8H,1-3H3. The van der Waals surface area contributed by atoms with Gasteiger partial charge >= 0.3 is 0 Å². The summed E-state index contributed by atoms with van der Waals surface area (Å²) < 4.78 is 0. The molecule has 2 rings (SSSR count). The fraction of sp³-hybridized carbons (Fsp3) is 0.333. The van der Waals surface area contributed by atoms with Gasteiger partial charge in [-0.15, -0.1) is 0 Å². The summed E-state index contributed by atoms with van der Waals surface area (Å²) in [5, 5.41) is 9.46. The molecule has 0 spiro atoms. The third-order valence-electron chi connectivity index (χ3n) is 2.41. The van der Waals surface area contributed by atoms with Gasteiger partial charge in [-0.3, -0.25) is 0 Å². The van der Waals surface area contributed by atoms with E-state index in [2.05, 4.69) is 36.2 Å². The van der Waals surface area contributed by atoms with Gasteiger partial charge in [-0.1, -0.05) is 26.0 Å². The van der Waals surface area contributed by atoms with Gasteiger partial charge in [-0.2, -0.15) is 10.2 Å². The quantitative estimate of drug-likeness (QED) is 0.684. The summed E-state index contributed by atoms with van der Waals surface area (Å²) in [5.41, 5.74) is 3.31. The van der Waals surface area contributed by atoms with E-state index in [4.69, 9.17) is 0 Å². The summed E-state index contributed by atoms with van der Waals surface area (Å²) in [4.78, 5) is 0. The van der Waals surface area contributed by atoms with Crippen molar-refractivity contribution in [1.29, 1.82) is 0 Å². The van der Waals surface area contributed by atoms with Crippen LogP contribution in [0.2, 0.25) is 0 Å². The van der Waals surface area contributed by atoms with Gasteiger partial charge in [0.15, 0.2) is 0 Å². The molecule has 0 atom stereocenters. The number of aryl methyl sites for hydroxylation is 1. The number of benzene rings is 1. The molecular weight excluding hydrogens is 172 g/mol. The summed E-state index contributed by atoms with van der Waals surface area (Å²) >= 11 is 0. The van der Waals surface area contributed by atoms with Gasteiger partial charge in [0.05, 0.1) is 11.2 Å². The van der Waals surface area contributed by atoms with Crippen molar-refractivity contribution < 1.29 is 0 Å². The van der Waals surface area contributed by atoms with Crippen LogP contribution in [0.1, 0.15) is 31.0 Å². The van der Waals surface area contributed by atoms with Crippen LogP contribution in [0.3, 0.4) is 0 Å². The Morgan fingerprint density at radius 3 is 2.64 bits per heavy atom. The molecule has 0 aliphatic rings. The van der Waals surface area contributed by atoms with E-state index in [0.717, 1.165) is 11.2 Å². The van der Waals surface area contributed by atoms with Crippen molar-refractivity contribution in [2.24, 2.45) is 0 Å². The Morgan fingerprint density at radius 2 is 1.93 bits per heavy atom. The van der Waals surface area contributed by atoms with Crippen molar-refractivity contribution in [1.82, 2.24) is 10.2 Å². The predicted octanol–water partition coefficient (Wildman–Crippen LogP) is 3.06. The second-order valence-corrected chi connectivity index (χ2v) is 3.92. The second kappa shape index (κ2) is 3.37. The first-order valence-corrected chi connectivity index (χ1v) is 4.91. The lowest BCUT2D eigenvalue weighted by atomic mass is 9.98.